The van der Waals surface area contributed by atoms with Crippen LogP contribution in [0, 0.1) is 0 Å². The molecular formula is C21H49NO4Si2. The van der Waals surface area contributed by atoms with E-state index in [0.29, 0.717) is 26.4 Å². The number of rotatable bonds is 19. The molecule has 2 atom stereocenters. The van der Waals surface area contributed by atoms with Gasteiger partial charge in [-0.2, -0.15) is 0 Å². The highest BCUT2D eigenvalue weighted by Gasteiger charge is 2.46. The third kappa shape index (κ3) is 9.82. The third-order valence-electron chi connectivity index (χ3n) is 5.40. The second-order valence-electron chi connectivity index (χ2n) is 7.65. The maximum absolute atomic E-state index is 6.28. The van der Waals surface area contributed by atoms with Crippen molar-refractivity contribution in [3.63, 3.8) is 0 Å². The van der Waals surface area contributed by atoms with Crippen molar-refractivity contribution < 1.29 is 17.7 Å². The maximum atomic E-state index is 6.28. The normalized spacial score (nSPS) is 15.0. The Bertz CT molecular complexity index is 362. The van der Waals surface area contributed by atoms with Crippen molar-refractivity contribution in [1.82, 2.24) is 5.32 Å². The molecule has 0 aromatic rings. The summed E-state index contributed by atoms with van der Waals surface area (Å²) < 4.78 is 25.0. The van der Waals surface area contributed by atoms with Gasteiger partial charge in [0.1, 0.15) is 0 Å². The van der Waals surface area contributed by atoms with Crippen molar-refractivity contribution in [3.05, 3.63) is 0 Å². The summed E-state index contributed by atoms with van der Waals surface area (Å²) >= 11 is 0. The predicted molar refractivity (Wildman–Crippen MR) is 124 cm³/mol. The van der Waals surface area contributed by atoms with Crippen LogP contribution in [0.1, 0.15) is 86.5 Å². The standard InChI is InChI=1S/C21H49NO4Si2/c1-9-15-16-17-18-19-21(28(8,25-13-5)26-14-6)22-20(10-2)27(7,23-11-3)24-12-4/h20-22H,9-19H2,1-8H3. The Balaban J connectivity index is 5.42. The molecule has 0 aliphatic heterocycles. The lowest BCUT2D eigenvalue weighted by molar-refractivity contribution is 0.156. The van der Waals surface area contributed by atoms with Gasteiger partial charge in [0, 0.05) is 26.4 Å². The molecule has 0 saturated carbocycles. The van der Waals surface area contributed by atoms with Gasteiger partial charge in [-0.25, -0.2) is 0 Å². The smallest absolute Gasteiger partial charge is 0.352 e. The second kappa shape index (κ2) is 16.0. The average molecular weight is 436 g/mol. The number of hydrogen-bond acceptors (Lipinski definition) is 5. The minimum atomic E-state index is -2.35. The van der Waals surface area contributed by atoms with Crippen molar-refractivity contribution in [2.24, 2.45) is 0 Å². The molecule has 0 aliphatic carbocycles. The molecule has 0 spiro atoms. The Morgan fingerprint density at radius 2 is 1.04 bits per heavy atom. The van der Waals surface area contributed by atoms with E-state index in [2.05, 4.69) is 60.0 Å². The fraction of sp³-hybridized carbons (Fsp3) is 1.00. The molecule has 1 N–H and O–H groups in total. The van der Waals surface area contributed by atoms with Crippen LogP contribution in [0.15, 0.2) is 0 Å². The van der Waals surface area contributed by atoms with Crippen LogP contribution in [0.2, 0.25) is 13.1 Å². The molecule has 0 heterocycles. The third-order valence-corrected chi connectivity index (χ3v) is 12.4. The van der Waals surface area contributed by atoms with Crippen LogP contribution in [0.3, 0.4) is 0 Å². The lowest BCUT2D eigenvalue weighted by Gasteiger charge is -2.41. The summed E-state index contributed by atoms with van der Waals surface area (Å²) in [6.45, 7) is 19.9. The molecule has 0 saturated heterocycles. The second-order valence-corrected chi connectivity index (χ2v) is 14.3. The molecule has 0 amide bonds. The molecule has 28 heavy (non-hydrogen) atoms. The Hall–Kier alpha value is 0.234. The molecule has 2 unspecified atom stereocenters. The van der Waals surface area contributed by atoms with Gasteiger partial charge in [0.05, 0.1) is 11.3 Å². The highest BCUT2D eigenvalue weighted by atomic mass is 28.4. The van der Waals surface area contributed by atoms with Gasteiger partial charge in [-0.3, -0.25) is 0 Å². The molecule has 0 aromatic heterocycles. The van der Waals surface area contributed by atoms with Crippen LogP contribution >= 0.6 is 0 Å². The van der Waals surface area contributed by atoms with Crippen LogP contribution in [0.4, 0.5) is 0 Å². The molecule has 7 heteroatoms. The predicted octanol–water partition coefficient (Wildman–Crippen LogP) is 5.45. The van der Waals surface area contributed by atoms with E-state index in [4.69, 9.17) is 17.7 Å². The van der Waals surface area contributed by atoms with Gasteiger partial charge in [-0.15, -0.1) is 0 Å². The molecule has 0 aromatic carbocycles. The van der Waals surface area contributed by atoms with Crippen LogP contribution in [-0.4, -0.2) is 54.9 Å². The molecule has 0 radical (unpaired) electrons. The fourth-order valence-corrected chi connectivity index (χ4v) is 9.87. The zero-order valence-corrected chi connectivity index (χ0v) is 22.1. The van der Waals surface area contributed by atoms with E-state index in [1.165, 1.54) is 32.1 Å². The minimum Gasteiger partial charge on any atom is -0.394 e. The first-order valence-corrected chi connectivity index (χ1v) is 16.5. The fourth-order valence-electron chi connectivity index (χ4n) is 3.96. The lowest BCUT2D eigenvalue weighted by atomic mass is 10.1. The van der Waals surface area contributed by atoms with Crippen LogP contribution < -0.4 is 5.32 Å². The summed E-state index contributed by atoms with van der Waals surface area (Å²) in [4.78, 5) is 0. The molecule has 0 fully saturated rings. The Morgan fingerprint density at radius 3 is 1.43 bits per heavy atom. The van der Waals surface area contributed by atoms with E-state index < -0.39 is 17.1 Å². The van der Waals surface area contributed by atoms with E-state index in [1.807, 2.05) is 0 Å². The summed E-state index contributed by atoms with van der Waals surface area (Å²) in [6.07, 6.45) is 8.46. The molecule has 170 valence electrons. The van der Waals surface area contributed by atoms with Crippen molar-refractivity contribution in [2.45, 2.75) is 111 Å². The minimum absolute atomic E-state index is 0.223. The highest BCUT2D eigenvalue weighted by molar-refractivity contribution is 6.69. The quantitative estimate of drug-likeness (QED) is 0.216. The van der Waals surface area contributed by atoms with Gasteiger partial charge in [-0.05, 0) is 53.6 Å². The topological polar surface area (TPSA) is 49.0 Å². The first kappa shape index (κ1) is 28.2. The summed E-state index contributed by atoms with van der Waals surface area (Å²) in [5, 5.41) is 3.94. The van der Waals surface area contributed by atoms with Crippen LogP contribution in [0.5, 0.6) is 0 Å². The molecule has 0 bridgehead atoms. The Labute approximate surface area is 177 Å². The van der Waals surface area contributed by atoms with Gasteiger partial charge < -0.3 is 23.0 Å². The van der Waals surface area contributed by atoms with Crippen molar-refractivity contribution in [2.75, 3.05) is 26.4 Å². The van der Waals surface area contributed by atoms with E-state index >= 15 is 0 Å². The summed E-state index contributed by atoms with van der Waals surface area (Å²) in [7, 11) is -4.68. The van der Waals surface area contributed by atoms with E-state index in [1.54, 1.807) is 0 Å². The monoisotopic (exact) mass is 435 g/mol. The van der Waals surface area contributed by atoms with Crippen LogP contribution in [0.25, 0.3) is 0 Å². The Kier molecular flexibility index (Phi) is 16.1. The van der Waals surface area contributed by atoms with Gasteiger partial charge in [0.15, 0.2) is 0 Å². The van der Waals surface area contributed by atoms with Crippen molar-refractivity contribution in [1.29, 1.82) is 0 Å². The Morgan fingerprint density at radius 1 is 0.607 bits per heavy atom. The first-order chi connectivity index (χ1) is 13.4. The van der Waals surface area contributed by atoms with E-state index in [9.17, 15) is 0 Å². The zero-order valence-electron chi connectivity index (χ0n) is 20.1. The molecule has 5 nitrogen and oxygen atoms in total. The average Bonchev–Trinajstić information content (AvgIpc) is 2.64. The summed E-state index contributed by atoms with van der Waals surface area (Å²) in [5.74, 6) is 0. The molecular weight excluding hydrogens is 386 g/mol. The number of unbranched alkanes of at least 4 members (excludes halogenated alkanes) is 4. The SMILES string of the molecule is CCCCCCCC(NC(CC)[Si](C)(OCC)OCC)[Si](C)(OCC)OCC. The van der Waals surface area contributed by atoms with E-state index in [-0.39, 0.29) is 11.3 Å². The summed E-state index contributed by atoms with van der Waals surface area (Å²) in [5.41, 5.74) is 0.465. The maximum Gasteiger partial charge on any atom is 0.352 e. The van der Waals surface area contributed by atoms with Crippen molar-refractivity contribution in [3.8, 4) is 0 Å². The van der Waals surface area contributed by atoms with Gasteiger partial charge in [0.2, 0.25) is 0 Å². The summed E-state index contributed by atoms with van der Waals surface area (Å²) in [6, 6.07) is 0. The zero-order chi connectivity index (χ0) is 21.5. The van der Waals surface area contributed by atoms with E-state index in [0.717, 1.165) is 12.8 Å². The van der Waals surface area contributed by atoms with Crippen LogP contribution in [-0.2, 0) is 17.7 Å². The van der Waals surface area contributed by atoms with Crippen molar-refractivity contribution >= 4 is 17.1 Å². The number of hydrogen-bond donors (Lipinski definition) is 1. The van der Waals surface area contributed by atoms with Gasteiger partial charge >= 0.3 is 17.1 Å². The first-order valence-electron chi connectivity index (χ1n) is 11.7. The largest absolute Gasteiger partial charge is 0.394 e. The number of nitrogens with one attached hydrogen (secondary N) is 1. The van der Waals surface area contributed by atoms with Gasteiger partial charge in [0.25, 0.3) is 0 Å². The molecule has 0 rings (SSSR count). The van der Waals surface area contributed by atoms with Gasteiger partial charge in [-0.1, -0.05) is 46.0 Å². The molecule has 0 aliphatic rings. The lowest BCUT2D eigenvalue weighted by Crippen LogP contribution is -2.66. The highest BCUT2D eigenvalue weighted by Crippen LogP contribution is 2.23.